The van der Waals surface area contributed by atoms with E-state index in [1.165, 1.54) is 11.3 Å². The molecule has 2 N–H and O–H groups in total. The molecule has 1 atom stereocenters. The Bertz CT molecular complexity index is 490. The van der Waals surface area contributed by atoms with Gasteiger partial charge in [-0.1, -0.05) is 0 Å². The zero-order valence-corrected chi connectivity index (χ0v) is 13.6. The smallest absolute Gasteiger partial charge is 0.350 e. The van der Waals surface area contributed by atoms with Crippen molar-refractivity contribution < 1.29 is 14.3 Å². The summed E-state index contributed by atoms with van der Waals surface area (Å²) in [6.45, 7) is 6.53. The summed E-state index contributed by atoms with van der Waals surface area (Å²) in [5, 5.41) is 1.05. The summed E-state index contributed by atoms with van der Waals surface area (Å²) in [6, 6.07) is 0. The number of carbonyl (C=O) groups excluding carboxylic acids is 1. The van der Waals surface area contributed by atoms with Crippen LogP contribution >= 0.6 is 23.1 Å². The van der Waals surface area contributed by atoms with Gasteiger partial charge in [0.15, 0.2) is 0 Å². The minimum absolute atomic E-state index is 0.188. The van der Waals surface area contributed by atoms with Crippen LogP contribution in [0.1, 0.15) is 23.5 Å². The highest BCUT2D eigenvalue weighted by Crippen LogP contribution is 2.44. The maximum absolute atomic E-state index is 11.9. The molecular weight excluding hydrogens is 296 g/mol. The average molecular weight is 316 g/mol. The Hall–Kier alpha value is -0.920. The van der Waals surface area contributed by atoms with Crippen LogP contribution in [0.15, 0.2) is 4.90 Å². The second kappa shape index (κ2) is 6.69. The molecule has 5 nitrogen and oxygen atoms in total. The first-order valence-corrected chi connectivity index (χ1v) is 8.62. The molecule has 1 saturated heterocycles. The first kappa shape index (κ1) is 15.5. The number of thiophene rings is 1. The van der Waals surface area contributed by atoms with Crippen molar-refractivity contribution >= 4 is 39.8 Å². The van der Waals surface area contributed by atoms with Gasteiger partial charge in [-0.25, -0.2) is 4.79 Å². The fraction of sp³-hybridized carbons (Fsp3) is 0.615. The molecule has 2 heterocycles. The Morgan fingerprint density at radius 3 is 3.00 bits per heavy atom. The van der Waals surface area contributed by atoms with Crippen molar-refractivity contribution in [2.24, 2.45) is 0 Å². The molecule has 1 unspecified atom stereocenters. The largest absolute Gasteiger partial charge is 0.462 e. The number of esters is 1. The maximum atomic E-state index is 11.9. The van der Waals surface area contributed by atoms with E-state index in [2.05, 4.69) is 4.90 Å². The number of thioether (sulfide) groups is 1. The summed E-state index contributed by atoms with van der Waals surface area (Å²) in [7, 11) is 0. The molecule has 20 heavy (non-hydrogen) atoms. The zero-order chi connectivity index (χ0) is 14.7. The molecule has 1 aromatic heterocycles. The molecule has 0 aliphatic carbocycles. The number of hydrogen-bond acceptors (Lipinski definition) is 7. The topological polar surface area (TPSA) is 64.8 Å². The number of carbonyl (C=O) groups is 1. The molecule has 0 saturated carbocycles. The lowest BCUT2D eigenvalue weighted by molar-refractivity contribution is 0.0530. The Kier molecular flexibility index (Phi) is 5.17. The predicted octanol–water partition coefficient (Wildman–Crippen LogP) is 2.45. The lowest BCUT2D eigenvalue weighted by atomic mass is 10.3. The van der Waals surface area contributed by atoms with Crippen LogP contribution in [0.4, 0.5) is 10.7 Å². The predicted molar refractivity (Wildman–Crippen MR) is 84.1 cm³/mol. The molecule has 0 radical (unpaired) electrons. The van der Waals surface area contributed by atoms with E-state index >= 15 is 0 Å². The summed E-state index contributed by atoms with van der Waals surface area (Å²) >= 11 is 2.99. The minimum Gasteiger partial charge on any atom is -0.462 e. The summed E-state index contributed by atoms with van der Waals surface area (Å²) in [5.74, 6) is -0.335. The van der Waals surface area contributed by atoms with Gasteiger partial charge in [0.05, 0.1) is 29.9 Å². The van der Waals surface area contributed by atoms with Crippen LogP contribution < -0.4 is 10.6 Å². The quantitative estimate of drug-likeness (QED) is 0.680. The molecule has 1 fully saturated rings. The second-order valence-corrected chi connectivity index (χ2v) is 6.35. The highest BCUT2D eigenvalue weighted by atomic mass is 32.2. The van der Waals surface area contributed by atoms with Gasteiger partial charge in [0.2, 0.25) is 0 Å². The van der Waals surface area contributed by atoms with Crippen LogP contribution in [0.5, 0.6) is 0 Å². The van der Waals surface area contributed by atoms with Gasteiger partial charge in [-0.15, -0.1) is 23.1 Å². The molecule has 2 rings (SSSR count). The molecule has 1 aromatic rings. The fourth-order valence-electron chi connectivity index (χ4n) is 2.17. The third-order valence-electron chi connectivity index (χ3n) is 3.08. The Balaban J connectivity index is 2.32. The van der Waals surface area contributed by atoms with Crippen LogP contribution in [-0.2, 0) is 9.47 Å². The van der Waals surface area contributed by atoms with E-state index in [4.69, 9.17) is 15.2 Å². The highest BCUT2D eigenvalue weighted by Gasteiger charge is 2.27. The van der Waals surface area contributed by atoms with E-state index in [1.54, 1.807) is 18.7 Å². The van der Waals surface area contributed by atoms with Crippen molar-refractivity contribution in [1.82, 2.24) is 0 Å². The van der Waals surface area contributed by atoms with Crippen LogP contribution in [-0.4, -0.2) is 44.6 Å². The summed E-state index contributed by atoms with van der Waals surface area (Å²) in [6.07, 6.45) is 2.16. The molecule has 0 amide bonds. The van der Waals surface area contributed by atoms with Crippen molar-refractivity contribution in [3.05, 3.63) is 4.88 Å². The first-order chi connectivity index (χ1) is 9.58. The number of hydrogen-bond donors (Lipinski definition) is 1. The fourth-order valence-corrected chi connectivity index (χ4v) is 4.28. The minimum atomic E-state index is -0.335. The molecule has 1 aliphatic rings. The average Bonchev–Trinajstić information content (AvgIpc) is 2.76. The number of morpholine rings is 1. The maximum Gasteiger partial charge on any atom is 0.350 e. The monoisotopic (exact) mass is 316 g/mol. The lowest BCUT2D eigenvalue weighted by Crippen LogP contribution is -2.40. The number of ether oxygens (including phenoxy) is 2. The van der Waals surface area contributed by atoms with Crippen LogP contribution in [0.2, 0.25) is 0 Å². The van der Waals surface area contributed by atoms with Gasteiger partial charge in [-0.2, -0.15) is 0 Å². The van der Waals surface area contributed by atoms with Crippen LogP contribution in [0.25, 0.3) is 0 Å². The highest BCUT2D eigenvalue weighted by molar-refractivity contribution is 7.99. The molecule has 0 spiro atoms. The van der Waals surface area contributed by atoms with E-state index in [1.807, 2.05) is 13.2 Å². The van der Waals surface area contributed by atoms with Crippen LogP contribution in [0, 0.1) is 0 Å². The number of nitrogens with two attached hydrogens (primary N) is 1. The summed E-state index contributed by atoms with van der Waals surface area (Å²) in [4.78, 5) is 15.7. The van der Waals surface area contributed by atoms with Crippen LogP contribution in [0.3, 0.4) is 0 Å². The van der Waals surface area contributed by atoms with E-state index in [0.29, 0.717) is 23.8 Å². The second-order valence-electron chi connectivity index (χ2n) is 4.53. The summed E-state index contributed by atoms with van der Waals surface area (Å²) < 4.78 is 10.6. The van der Waals surface area contributed by atoms with Gasteiger partial charge < -0.3 is 20.1 Å². The van der Waals surface area contributed by atoms with Crippen molar-refractivity contribution in [2.45, 2.75) is 24.8 Å². The van der Waals surface area contributed by atoms with Crippen molar-refractivity contribution in [3.8, 4) is 0 Å². The summed E-state index contributed by atoms with van der Waals surface area (Å²) in [5.41, 5.74) is 6.66. The SMILES string of the molecule is CCOC(=O)c1sc(N2CCOC(C)C2)c(SC)c1N. The van der Waals surface area contributed by atoms with Gasteiger partial charge in [-0.3, -0.25) is 0 Å². The molecule has 0 bridgehead atoms. The zero-order valence-electron chi connectivity index (χ0n) is 12.0. The van der Waals surface area contributed by atoms with Gasteiger partial charge in [0.1, 0.15) is 9.88 Å². The normalized spacial score (nSPS) is 19.1. The number of nitrogen functional groups attached to an aromatic ring is 1. The van der Waals surface area contributed by atoms with E-state index < -0.39 is 0 Å². The van der Waals surface area contributed by atoms with Gasteiger partial charge in [0.25, 0.3) is 0 Å². The van der Waals surface area contributed by atoms with Crippen molar-refractivity contribution in [1.29, 1.82) is 0 Å². The van der Waals surface area contributed by atoms with E-state index in [9.17, 15) is 4.79 Å². The molecular formula is C13H20N2O3S2. The van der Waals surface area contributed by atoms with Gasteiger partial charge in [-0.05, 0) is 20.1 Å². The third kappa shape index (κ3) is 3.05. The standard InChI is InChI=1S/C13H20N2O3S2/c1-4-17-13(16)11-9(14)10(19-3)12(20-11)15-5-6-18-8(2)7-15/h8H,4-7,14H2,1-3H3. The lowest BCUT2D eigenvalue weighted by Gasteiger charge is -2.32. The molecule has 1 aliphatic heterocycles. The van der Waals surface area contributed by atoms with Crippen molar-refractivity contribution in [2.75, 3.05) is 43.2 Å². The van der Waals surface area contributed by atoms with Gasteiger partial charge in [0, 0.05) is 13.1 Å². The Labute approximate surface area is 127 Å². The first-order valence-electron chi connectivity index (χ1n) is 6.58. The Morgan fingerprint density at radius 1 is 1.65 bits per heavy atom. The number of nitrogens with zero attached hydrogens (tertiary/aromatic N) is 1. The van der Waals surface area contributed by atoms with Gasteiger partial charge >= 0.3 is 5.97 Å². The molecule has 7 heteroatoms. The van der Waals surface area contributed by atoms with E-state index in [-0.39, 0.29) is 12.1 Å². The van der Waals surface area contributed by atoms with Crippen molar-refractivity contribution in [3.63, 3.8) is 0 Å². The third-order valence-corrected chi connectivity index (χ3v) is 5.27. The number of anilines is 2. The van der Waals surface area contributed by atoms with E-state index in [0.717, 1.165) is 23.0 Å². The molecule has 0 aromatic carbocycles. The number of rotatable bonds is 4. The molecule has 112 valence electrons. The Morgan fingerprint density at radius 2 is 2.40 bits per heavy atom.